The number of nitrogens with zero attached hydrogens (tertiary/aromatic N) is 3. The van der Waals surface area contributed by atoms with Crippen LogP contribution < -0.4 is 31.9 Å². The van der Waals surface area contributed by atoms with Crippen molar-refractivity contribution in [3.8, 4) is 0 Å². The van der Waals surface area contributed by atoms with Crippen molar-refractivity contribution < 1.29 is 93.4 Å². The van der Waals surface area contributed by atoms with E-state index in [-0.39, 0.29) is 22.3 Å². The van der Waals surface area contributed by atoms with Crippen molar-refractivity contribution in [3.63, 3.8) is 0 Å². The van der Waals surface area contributed by atoms with Crippen LogP contribution >= 0.6 is 0 Å². The van der Waals surface area contributed by atoms with Crippen LogP contribution in [0.3, 0.4) is 0 Å². The summed E-state index contributed by atoms with van der Waals surface area (Å²) in [6.45, 7) is 21.5. The van der Waals surface area contributed by atoms with Crippen LogP contribution in [0, 0.1) is 43.1 Å². The van der Waals surface area contributed by atoms with Crippen LogP contribution in [0.1, 0.15) is 136 Å². The molecule has 0 aliphatic heterocycles. The third-order valence-corrected chi connectivity index (χ3v) is 16.5. The van der Waals surface area contributed by atoms with E-state index in [1.54, 1.807) is 24.3 Å². The number of benzene rings is 5. The lowest BCUT2D eigenvalue weighted by Gasteiger charge is -2.28. The molecule has 0 unspecified atom stereocenters. The molecule has 6 N–H and O–H groups in total. The van der Waals surface area contributed by atoms with E-state index < -0.39 is 176 Å². The van der Waals surface area contributed by atoms with Crippen molar-refractivity contribution in [2.45, 2.75) is 186 Å². The van der Waals surface area contributed by atoms with Crippen molar-refractivity contribution in [2.24, 2.45) is 5.92 Å². The Balaban J connectivity index is 0.000000205. The molecule has 12 nitrogen and oxygen atoms in total. The van der Waals surface area contributed by atoms with E-state index in [2.05, 4.69) is 46.4 Å². The van der Waals surface area contributed by atoms with Crippen LogP contribution in [0.2, 0.25) is 0 Å². The summed E-state index contributed by atoms with van der Waals surface area (Å²) < 4.78 is 250. The van der Waals surface area contributed by atoms with Crippen LogP contribution in [0.15, 0.2) is 133 Å². The number of alkyl halides is 15. The standard InChI is InChI=1S/C24H23F6N3O.C23H21F6N3O.C20H21F6N3O/c1-31-23(13-14-23)33-21(34)19(11-12-22(26,27)15-16-5-3-2-4-6-16)32-20(24(28,29)30)17-7-9-18(25)10-8-17;1-30-21(13-14-21)32-20(33)18(11-12-22(25,26)16-5-3-2-4-6-16)31-19(23(27,28)29)15-7-9-17(24)10-8-15;1-27-18(10-11-18)29-17(30)15(8-9-19(22,23)13-4-5-13)28-16(20(24,25)26)12-2-6-14(21)7-3-12/h2-10,19-20,32H,11-15H2,(H,33,34);2-10,18-19,31H,11-14H2,(H,32,33);2-3,6-7,13,15-16,28H,4-5,8-11H2,(H,29,30)/t19-,20-;18-,19-;15-,16-/m000/s1. The summed E-state index contributed by atoms with van der Waals surface area (Å²) in [4.78, 5) is 48.0. The Morgan fingerprint density at radius 2 is 0.722 bits per heavy atom. The lowest BCUT2D eigenvalue weighted by atomic mass is 9.98. The van der Waals surface area contributed by atoms with Gasteiger partial charge in [0.2, 0.25) is 17.7 Å². The molecule has 0 bridgehead atoms. The van der Waals surface area contributed by atoms with Crippen LogP contribution in [0.25, 0.3) is 14.5 Å². The minimum Gasteiger partial charge on any atom is -0.291 e. The topological polar surface area (TPSA) is 136 Å². The molecule has 9 rings (SSSR count). The first kappa shape index (κ1) is 76.0. The molecule has 3 amide bonds. The van der Waals surface area contributed by atoms with Crippen molar-refractivity contribution in [1.82, 2.24) is 31.9 Å². The number of carbonyl (C=O) groups is 3. The van der Waals surface area contributed by atoms with Gasteiger partial charge in [0.25, 0.3) is 17.8 Å². The third kappa shape index (κ3) is 22.6. The fourth-order valence-corrected chi connectivity index (χ4v) is 10.2. The second kappa shape index (κ2) is 31.0. The molecule has 4 fully saturated rings. The highest BCUT2D eigenvalue weighted by atomic mass is 19.4. The summed E-state index contributed by atoms with van der Waals surface area (Å²) in [6.07, 6.45) is -16.8. The normalized spacial score (nSPS) is 17.9. The van der Waals surface area contributed by atoms with Crippen molar-refractivity contribution in [3.05, 3.63) is 213 Å². The molecule has 0 heterocycles. The second-order valence-electron chi connectivity index (χ2n) is 24.4. The second-order valence-corrected chi connectivity index (χ2v) is 24.4. The Labute approximate surface area is 546 Å². The maximum absolute atomic E-state index is 14.7. The van der Waals surface area contributed by atoms with Crippen LogP contribution in [0.4, 0.5) is 79.0 Å². The molecule has 30 heteroatoms. The summed E-state index contributed by atoms with van der Waals surface area (Å²) in [5.74, 6) is -15.6. The Kier molecular flexibility index (Phi) is 24.3. The van der Waals surface area contributed by atoms with E-state index in [1.165, 1.54) is 36.4 Å². The molecule has 0 saturated heterocycles. The van der Waals surface area contributed by atoms with Gasteiger partial charge in [0.05, 0.1) is 56.7 Å². The minimum atomic E-state index is -4.89. The maximum atomic E-state index is 14.7. The van der Waals surface area contributed by atoms with Crippen molar-refractivity contribution in [2.75, 3.05) is 0 Å². The van der Waals surface area contributed by atoms with Crippen LogP contribution in [-0.2, 0) is 26.7 Å². The smallest absolute Gasteiger partial charge is 0.291 e. The van der Waals surface area contributed by atoms with E-state index in [0.29, 0.717) is 56.9 Å². The fourth-order valence-electron chi connectivity index (χ4n) is 10.2. The summed E-state index contributed by atoms with van der Waals surface area (Å²) in [7, 11) is 0. The zero-order valence-corrected chi connectivity index (χ0v) is 51.2. The molecule has 5 aromatic carbocycles. The van der Waals surface area contributed by atoms with Gasteiger partial charge < -0.3 is 0 Å². The molecule has 6 atom stereocenters. The molecule has 522 valence electrons. The van der Waals surface area contributed by atoms with Gasteiger partial charge in [0, 0.05) is 37.2 Å². The van der Waals surface area contributed by atoms with Crippen LogP contribution in [-0.4, -0.2) is 83.2 Å². The molecule has 4 aliphatic carbocycles. The number of hydrogen-bond donors (Lipinski definition) is 6. The van der Waals surface area contributed by atoms with Gasteiger partial charge >= 0.3 is 35.5 Å². The molecule has 0 spiro atoms. The summed E-state index contributed by atoms with van der Waals surface area (Å²) >= 11 is 0. The van der Waals surface area contributed by atoms with E-state index in [1.807, 2.05) is 0 Å². The lowest BCUT2D eigenvalue weighted by Crippen LogP contribution is -2.51. The number of hydrogen-bond acceptors (Lipinski definition) is 6. The maximum Gasteiger partial charge on any atom is 0.407 e. The Hall–Kier alpha value is -8.40. The van der Waals surface area contributed by atoms with Gasteiger partial charge in [-0.25, -0.2) is 59.2 Å². The molecule has 0 aromatic heterocycles. The number of nitrogens with one attached hydrogen (secondary N) is 6. The average molecular weight is 1390 g/mol. The van der Waals surface area contributed by atoms with Gasteiger partial charge in [-0.3, -0.25) is 60.8 Å². The zero-order valence-electron chi connectivity index (χ0n) is 51.2. The molecule has 0 radical (unpaired) electrons. The summed E-state index contributed by atoms with van der Waals surface area (Å²) in [5.41, 5.74) is -4.63. The fraction of sp³-hybridized carbons (Fsp3) is 0.463. The highest BCUT2D eigenvalue weighted by Crippen LogP contribution is 2.47. The summed E-state index contributed by atoms with van der Waals surface area (Å²) in [6, 6.07) is 13.2. The highest BCUT2D eigenvalue weighted by Gasteiger charge is 2.57. The molecule has 4 aliphatic rings. The summed E-state index contributed by atoms with van der Waals surface area (Å²) in [5, 5.41) is 13.6. The first-order valence-electron chi connectivity index (χ1n) is 30.4. The van der Waals surface area contributed by atoms with E-state index in [4.69, 9.17) is 19.7 Å². The van der Waals surface area contributed by atoms with Crippen LogP contribution in [0.5, 0.6) is 0 Å². The van der Waals surface area contributed by atoms with Gasteiger partial charge in [-0.15, -0.1) is 0 Å². The SMILES string of the molecule is [C-]#[N+]C1(NC(=O)[C@H](CCC(F)(F)C2CC2)N[C@@H](c2ccc(F)cc2)C(F)(F)F)CC1.[C-]#[N+]C1(NC(=O)[C@H](CCC(F)(F)Cc2ccccc2)N[C@@H](c2ccc(F)cc2)C(F)(F)F)CC1.[C-]#[N+]C1(NC(=O)[C@H](CCC(F)(F)c2ccccc2)N[C@@H](c2ccc(F)cc2)C(F)(F)F)CC1. The number of carbonyl (C=O) groups excluding carboxylic acids is 3. The number of rotatable bonds is 28. The zero-order chi connectivity index (χ0) is 71.4. The monoisotopic (exact) mass is 1390 g/mol. The van der Waals surface area contributed by atoms with Gasteiger partial charge in [0.15, 0.2) is 0 Å². The Morgan fingerprint density at radius 1 is 0.423 bits per heavy atom. The van der Waals surface area contributed by atoms with E-state index >= 15 is 0 Å². The molecular weight excluding hydrogens is 1320 g/mol. The van der Waals surface area contributed by atoms with Gasteiger partial charge in [-0.2, -0.15) is 39.5 Å². The van der Waals surface area contributed by atoms with Crippen molar-refractivity contribution >= 4 is 17.7 Å². The van der Waals surface area contributed by atoms with E-state index in [9.17, 15) is 93.4 Å². The molecule has 4 saturated carbocycles. The Bertz CT molecular complexity index is 3560. The quantitative estimate of drug-likeness (QED) is 0.0218. The lowest BCUT2D eigenvalue weighted by molar-refractivity contribution is -0.162. The molecule has 5 aromatic rings. The van der Waals surface area contributed by atoms with E-state index in [0.717, 1.165) is 72.8 Å². The highest BCUT2D eigenvalue weighted by molar-refractivity contribution is 5.84. The van der Waals surface area contributed by atoms with Gasteiger partial charge in [-0.05, 0) is 90.8 Å². The molecular formula is C67H65F18N9O3. The molecule has 97 heavy (non-hydrogen) atoms. The minimum absolute atomic E-state index is 0.324. The van der Waals surface area contributed by atoms with Crippen molar-refractivity contribution in [1.29, 1.82) is 0 Å². The third-order valence-electron chi connectivity index (χ3n) is 16.5. The predicted octanol–water partition coefficient (Wildman–Crippen LogP) is 15.8. The average Bonchev–Trinajstić information content (AvgIpc) is 1.76. The largest absolute Gasteiger partial charge is 0.407 e. The first-order valence-corrected chi connectivity index (χ1v) is 30.4. The van der Waals surface area contributed by atoms with Gasteiger partial charge in [0.1, 0.15) is 35.6 Å². The van der Waals surface area contributed by atoms with Gasteiger partial charge in [-0.1, -0.05) is 97.1 Å². The predicted molar refractivity (Wildman–Crippen MR) is 317 cm³/mol. The number of halogens is 18. The number of amides is 3. The first-order chi connectivity index (χ1) is 45.3. The Morgan fingerprint density at radius 3 is 1.01 bits per heavy atom.